The number of aromatic nitrogens is 2. The van der Waals surface area contributed by atoms with Crippen LogP contribution in [0.3, 0.4) is 0 Å². The maximum absolute atomic E-state index is 10.3. The SMILES string of the molecule is CCOc1cc2c(cc1OC)C(c1cnc(N(C)C)nc1)=N[C@@H]1CC[C@@H](O)C[C@H]21.O=C(O)/C=C\C(=O)O. The summed E-state index contributed by atoms with van der Waals surface area (Å²) >= 11 is 0. The first-order valence-electron chi connectivity index (χ1n) is 11.9. The van der Waals surface area contributed by atoms with Crippen LogP contribution in [0.2, 0.25) is 0 Å². The van der Waals surface area contributed by atoms with Gasteiger partial charge in [0.2, 0.25) is 5.95 Å². The Morgan fingerprint density at radius 3 is 2.27 bits per heavy atom. The molecule has 2 heterocycles. The van der Waals surface area contributed by atoms with Gasteiger partial charge in [-0.15, -0.1) is 0 Å². The molecule has 11 heteroatoms. The summed E-state index contributed by atoms with van der Waals surface area (Å²) in [6, 6.07) is 4.20. The van der Waals surface area contributed by atoms with Crippen LogP contribution in [0.1, 0.15) is 48.8 Å². The minimum Gasteiger partial charge on any atom is -0.493 e. The van der Waals surface area contributed by atoms with E-state index in [1.807, 2.05) is 44.4 Å². The number of carboxylic acid groups (broad SMARTS) is 2. The zero-order valence-electron chi connectivity index (χ0n) is 21.3. The number of ether oxygens (including phenoxy) is 2. The number of aliphatic carboxylic acids is 2. The van der Waals surface area contributed by atoms with Gasteiger partial charge in [0.1, 0.15) is 0 Å². The molecule has 4 rings (SSSR count). The van der Waals surface area contributed by atoms with Crippen LogP contribution in [-0.2, 0) is 9.59 Å². The molecule has 0 bridgehead atoms. The number of hydrogen-bond acceptors (Lipinski definition) is 9. The van der Waals surface area contributed by atoms with Gasteiger partial charge in [-0.25, -0.2) is 19.6 Å². The third-order valence-corrected chi connectivity index (χ3v) is 6.05. The van der Waals surface area contributed by atoms with Crippen LogP contribution in [0, 0.1) is 0 Å². The Balaban J connectivity index is 0.000000414. The highest BCUT2D eigenvalue weighted by molar-refractivity contribution is 6.14. The molecule has 1 aromatic carbocycles. The fourth-order valence-corrected chi connectivity index (χ4v) is 4.42. The number of aliphatic imine (C=N–C) groups is 1. The average Bonchev–Trinajstić information content (AvgIpc) is 2.87. The van der Waals surface area contributed by atoms with Gasteiger partial charge in [-0.1, -0.05) is 0 Å². The quantitative estimate of drug-likeness (QED) is 0.471. The molecule has 3 N–H and O–H groups in total. The number of carbonyl (C=O) groups is 2. The fourth-order valence-electron chi connectivity index (χ4n) is 4.42. The highest BCUT2D eigenvalue weighted by atomic mass is 16.5. The van der Waals surface area contributed by atoms with Gasteiger partial charge in [-0.3, -0.25) is 4.99 Å². The van der Waals surface area contributed by atoms with Crippen molar-refractivity contribution in [1.29, 1.82) is 0 Å². The molecule has 1 fully saturated rings. The number of aliphatic hydroxyl groups excluding tert-OH is 1. The second kappa shape index (κ2) is 12.3. The molecule has 37 heavy (non-hydrogen) atoms. The molecule has 1 aliphatic carbocycles. The number of aliphatic hydroxyl groups is 1. The van der Waals surface area contributed by atoms with Crippen molar-refractivity contribution >= 4 is 23.6 Å². The third kappa shape index (κ3) is 6.82. The average molecular weight is 513 g/mol. The van der Waals surface area contributed by atoms with Crippen molar-refractivity contribution in [3.63, 3.8) is 0 Å². The van der Waals surface area contributed by atoms with Gasteiger partial charge in [-0.2, -0.15) is 0 Å². The molecule has 198 valence electrons. The summed E-state index contributed by atoms with van der Waals surface area (Å²) in [6.07, 6.45) is 6.82. The van der Waals surface area contributed by atoms with E-state index in [2.05, 4.69) is 16.0 Å². The van der Waals surface area contributed by atoms with Crippen LogP contribution in [0.15, 0.2) is 41.7 Å². The largest absolute Gasteiger partial charge is 0.493 e. The van der Waals surface area contributed by atoms with E-state index in [9.17, 15) is 14.7 Å². The molecule has 1 aliphatic heterocycles. The number of hydrogen-bond donors (Lipinski definition) is 3. The van der Waals surface area contributed by atoms with Crippen molar-refractivity contribution in [2.75, 3.05) is 32.7 Å². The van der Waals surface area contributed by atoms with E-state index < -0.39 is 11.9 Å². The molecule has 0 spiro atoms. The lowest BCUT2D eigenvalue weighted by molar-refractivity contribution is -0.134. The van der Waals surface area contributed by atoms with Crippen molar-refractivity contribution in [2.24, 2.45) is 4.99 Å². The molecule has 11 nitrogen and oxygen atoms in total. The number of methoxy groups -OCH3 is 1. The molecule has 0 amide bonds. The van der Waals surface area contributed by atoms with Crippen molar-refractivity contribution in [3.05, 3.63) is 53.4 Å². The lowest BCUT2D eigenvalue weighted by Gasteiger charge is -2.37. The van der Waals surface area contributed by atoms with Gasteiger partial charge >= 0.3 is 11.9 Å². The molecular weight excluding hydrogens is 480 g/mol. The molecule has 0 saturated heterocycles. The Kier molecular flexibility index (Phi) is 9.18. The van der Waals surface area contributed by atoms with E-state index in [0.717, 1.165) is 41.0 Å². The Morgan fingerprint density at radius 2 is 1.73 bits per heavy atom. The van der Waals surface area contributed by atoms with Crippen LogP contribution < -0.4 is 14.4 Å². The van der Waals surface area contributed by atoms with Crippen LogP contribution in [0.5, 0.6) is 11.5 Å². The predicted molar refractivity (Wildman–Crippen MR) is 137 cm³/mol. The van der Waals surface area contributed by atoms with Gasteiger partial charge < -0.3 is 29.7 Å². The number of rotatable bonds is 7. The van der Waals surface area contributed by atoms with E-state index in [0.29, 0.717) is 36.9 Å². The lowest BCUT2D eigenvalue weighted by Crippen LogP contribution is -2.34. The Hall–Kier alpha value is -3.99. The summed E-state index contributed by atoms with van der Waals surface area (Å²) in [4.78, 5) is 35.0. The first-order chi connectivity index (χ1) is 17.6. The monoisotopic (exact) mass is 512 g/mol. The second-order valence-corrected chi connectivity index (χ2v) is 8.82. The Labute approximate surface area is 215 Å². The molecule has 2 aromatic rings. The predicted octanol–water partition coefficient (Wildman–Crippen LogP) is 2.51. The van der Waals surface area contributed by atoms with Crippen LogP contribution >= 0.6 is 0 Å². The summed E-state index contributed by atoms with van der Waals surface area (Å²) < 4.78 is 11.4. The molecule has 1 aromatic heterocycles. The smallest absolute Gasteiger partial charge is 0.328 e. The molecule has 1 saturated carbocycles. The minimum atomic E-state index is -1.26. The van der Waals surface area contributed by atoms with Gasteiger partial charge in [-0.05, 0) is 43.9 Å². The number of fused-ring (bicyclic) bond motifs is 3. The van der Waals surface area contributed by atoms with Gasteiger partial charge in [0.15, 0.2) is 11.5 Å². The molecule has 3 atom stereocenters. The minimum absolute atomic E-state index is 0.136. The molecule has 2 aliphatic rings. The van der Waals surface area contributed by atoms with Crippen LogP contribution in [-0.4, -0.2) is 82.9 Å². The standard InChI is InChI=1S/C22H28N4O3.C4H4O4/c1-5-29-20-9-15-16-8-14(27)6-7-18(16)25-21(17(15)10-19(20)28-4)13-11-23-22(24-12-13)26(2)3;5-3(6)1-2-4(7)8/h9-12,14,16,18,27H,5-8H2,1-4H3;1-2H,(H,5,6)(H,7,8)/b;2-1-/t14-,16-,18-;/m1./s1. The van der Waals surface area contributed by atoms with Crippen molar-refractivity contribution in [3.8, 4) is 11.5 Å². The highest BCUT2D eigenvalue weighted by Crippen LogP contribution is 2.44. The lowest BCUT2D eigenvalue weighted by atomic mass is 9.74. The summed E-state index contributed by atoms with van der Waals surface area (Å²) in [5.41, 5.74) is 3.92. The van der Waals surface area contributed by atoms with Crippen molar-refractivity contribution in [2.45, 2.75) is 44.2 Å². The second-order valence-electron chi connectivity index (χ2n) is 8.82. The fraction of sp³-hybridized carbons (Fsp3) is 0.423. The number of nitrogens with zero attached hydrogens (tertiary/aromatic N) is 4. The van der Waals surface area contributed by atoms with Crippen LogP contribution in [0.25, 0.3) is 0 Å². The summed E-state index contributed by atoms with van der Waals surface area (Å²) in [6.45, 7) is 2.52. The van der Waals surface area contributed by atoms with Crippen LogP contribution in [0.4, 0.5) is 5.95 Å². The van der Waals surface area contributed by atoms with E-state index in [4.69, 9.17) is 24.7 Å². The first kappa shape index (κ1) is 27.6. The number of benzene rings is 1. The summed E-state index contributed by atoms with van der Waals surface area (Å²) in [7, 11) is 5.48. The third-order valence-electron chi connectivity index (χ3n) is 6.05. The Morgan fingerprint density at radius 1 is 1.08 bits per heavy atom. The van der Waals surface area contributed by atoms with Crippen molar-refractivity contribution in [1.82, 2.24) is 9.97 Å². The molecular formula is C26H32N4O7. The van der Waals surface area contributed by atoms with E-state index in [1.54, 1.807) is 7.11 Å². The van der Waals surface area contributed by atoms with E-state index in [1.165, 1.54) is 0 Å². The normalized spacial score (nSPS) is 20.0. The number of carboxylic acids is 2. The highest BCUT2D eigenvalue weighted by Gasteiger charge is 2.37. The first-order valence-corrected chi connectivity index (χ1v) is 11.9. The zero-order chi connectivity index (χ0) is 27.1. The van der Waals surface area contributed by atoms with Gasteiger partial charge in [0, 0.05) is 55.7 Å². The maximum atomic E-state index is 10.3. The Bertz CT molecular complexity index is 1160. The van der Waals surface area contributed by atoms with Gasteiger partial charge in [0.25, 0.3) is 0 Å². The summed E-state index contributed by atoms with van der Waals surface area (Å²) in [5, 5.41) is 25.9. The summed E-state index contributed by atoms with van der Waals surface area (Å²) in [5.74, 6) is -0.273. The number of anilines is 1. The van der Waals surface area contributed by atoms with Gasteiger partial charge in [0.05, 0.1) is 31.6 Å². The topological polar surface area (TPSA) is 155 Å². The van der Waals surface area contributed by atoms with E-state index in [-0.39, 0.29) is 18.1 Å². The molecule has 0 unspecified atom stereocenters. The zero-order valence-corrected chi connectivity index (χ0v) is 21.3. The van der Waals surface area contributed by atoms with E-state index >= 15 is 0 Å². The van der Waals surface area contributed by atoms with Crippen molar-refractivity contribution < 1.29 is 34.4 Å². The molecule has 0 radical (unpaired) electrons. The maximum Gasteiger partial charge on any atom is 0.328 e.